The van der Waals surface area contributed by atoms with Crippen molar-refractivity contribution in [1.29, 1.82) is 0 Å². The number of nitrogens with zero attached hydrogens (tertiary/aromatic N) is 1. The van der Waals surface area contributed by atoms with Crippen molar-refractivity contribution in [3.8, 4) is 11.5 Å². The van der Waals surface area contributed by atoms with Crippen LogP contribution in [0.1, 0.15) is 42.4 Å². The summed E-state index contributed by atoms with van der Waals surface area (Å²) in [5, 5.41) is 6.15. The van der Waals surface area contributed by atoms with E-state index in [4.69, 9.17) is 9.47 Å². The first-order valence-electron chi connectivity index (χ1n) is 9.83. The lowest BCUT2D eigenvalue weighted by atomic mass is 10.0. The summed E-state index contributed by atoms with van der Waals surface area (Å²) in [7, 11) is 1.55. The molecule has 7 heteroatoms. The molecule has 0 aromatic heterocycles. The van der Waals surface area contributed by atoms with Crippen LogP contribution in [0, 0.1) is 0 Å². The maximum absolute atomic E-state index is 13.0. The number of carbonyl (C=O) groups excluding carboxylic acids is 2. The Hall–Kier alpha value is -3.22. The Morgan fingerprint density at radius 2 is 1.97 bits per heavy atom. The first-order chi connectivity index (χ1) is 14.1. The molecule has 1 aliphatic heterocycles. The van der Waals surface area contributed by atoms with Crippen molar-refractivity contribution in [2.75, 3.05) is 32.1 Å². The van der Waals surface area contributed by atoms with E-state index in [1.54, 1.807) is 13.2 Å². The molecule has 0 fully saturated rings. The molecule has 154 valence electrons. The summed E-state index contributed by atoms with van der Waals surface area (Å²) < 4.78 is 11.1. The molecular formula is C22H27N3O4. The normalized spacial score (nSPS) is 15.3. The fraction of sp³-hybridized carbons (Fsp3) is 0.364. The Balaban J connectivity index is 1.88. The fourth-order valence-electron chi connectivity index (χ4n) is 3.39. The first kappa shape index (κ1) is 20.5. The number of carbonyl (C=O) groups is 2. The number of rotatable bonds is 8. The van der Waals surface area contributed by atoms with Crippen molar-refractivity contribution in [3.63, 3.8) is 0 Å². The van der Waals surface area contributed by atoms with Gasteiger partial charge >= 0.3 is 0 Å². The molecule has 29 heavy (non-hydrogen) atoms. The van der Waals surface area contributed by atoms with E-state index in [1.807, 2.05) is 55.1 Å². The van der Waals surface area contributed by atoms with Gasteiger partial charge in [0.25, 0.3) is 11.8 Å². The molecule has 2 aromatic rings. The predicted molar refractivity (Wildman–Crippen MR) is 111 cm³/mol. The molecule has 1 atom stereocenters. The molecule has 2 amide bonds. The number of anilines is 1. The Morgan fingerprint density at radius 3 is 2.69 bits per heavy atom. The summed E-state index contributed by atoms with van der Waals surface area (Å²) in [5.41, 5.74) is 2.36. The number of likely N-dealkylation sites (N-methyl/N-ethyl adjacent to an activating group) is 1. The Labute approximate surface area is 171 Å². The van der Waals surface area contributed by atoms with Crippen LogP contribution in [0.25, 0.3) is 0 Å². The molecule has 7 nitrogen and oxygen atoms in total. The van der Waals surface area contributed by atoms with Gasteiger partial charge in [-0.15, -0.1) is 0 Å². The van der Waals surface area contributed by atoms with Crippen molar-refractivity contribution in [3.05, 3.63) is 53.6 Å². The molecular weight excluding hydrogens is 370 g/mol. The van der Waals surface area contributed by atoms with Crippen LogP contribution in [0.15, 0.2) is 42.5 Å². The number of hydrogen-bond acceptors (Lipinski definition) is 5. The Kier molecular flexibility index (Phi) is 6.59. The quantitative estimate of drug-likeness (QED) is 0.715. The predicted octanol–water partition coefficient (Wildman–Crippen LogP) is 3.19. The lowest BCUT2D eigenvalue weighted by molar-refractivity contribution is -0.123. The van der Waals surface area contributed by atoms with E-state index >= 15 is 0 Å². The summed E-state index contributed by atoms with van der Waals surface area (Å²) in [6.07, 6.45) is 0.528. The van der Waals surface area contributed by atoms with E-state index in [0.29, 0.717) is 30.2 Å². The molecule has 1 aliphatic rings. The second-order valence-electron chi connectivity index (χ2n) is 6.74. The second kappa shape index (κ2) is 9.32. The van der Waals surface area contributed by atoms with E-state index in [0.717, 1.165) is 17.7 Å². The molecule has 2 N–H and O–H groups in total. The minimum atomic E-state index is -0.316. The SMILES string of the molecule is CCCN1C(=O)c2ccccc2N[C@@H]1c1ccc(OCC(=O)NCC)c(OC)c1. The molecule has 1 heterocycles. The number of fused-ring (bicyclic) bond motifs is 1. The molecule has 0 unspecified atom stereocenters. The molecule has 0 spiro atoms. The Morgan fingerprint density at radius 1 is 1.17 bits per heavy atom. The largest absolute Gasteiger partial charge is 0.493 e. The monoisotopic (exact) mass is 397 g/mol. The zero-order chi connectivity index (χ0) is 20.8. The molecule has 3 rings (SSSR count). The summed E-state index contributed by atoms with van der Waals surface area (Å²) in [6.45, 7) is 4.99. The number of benzene rings is 2. The van der Waals surface area contributed by atoms with Crippen molar-refractivity contribution >= 4 is 17.5 Å². The van der Waals surface area contributed by atoms with Gasteiger partial charge in [0.1, 0.15) is 6.17 Å². The zero-order valence-corrected chi connectivity index (χ0v) is 17.0. The molecule has 2 aromatic carbocycles. The molecule has 0 radical (unpaired) electrons. The highest BCUT2D eigenvalue weighted by Crippen LogP contribution is 2.36. The van der Waals surface area contributed by atoms with Crippen LogP contribution in [-0.4, -0.2) is 43.5 Å². The minimum absolute atomic E-state index is 0.00160. The highest BCUT2D eigenvalue weighted by atomic mass is 16.5. The van der Waals surface area contributed by atoms with Crippen LogP contribution < -0.4 is 20.1 Å². The zero-order valence-electron chi connectivity index (χ0n) is 17.0. The summed E-state index contributed by atoms with van der Waals surface area (Å²) in [5.74, 6) is 0.800. The molecule has 0 saturated heterocycles. The number of hydrogen-bond donors (Lipinski definition) is 2. The van der Waals surface area contributed by atoms with Gasteiger partial charge in [0.15, 0.2) is 18.1 Å². The van der Waals surface area contributed by atoms with Gasteiger partial charge in [-0.05, 0) is 43.2 Å². The first-order valence-corrected chi connectivity index (χ1v) is 9.83. The van der Waals surface area contributed by atoms with Gasteiger partial charge in [0.05, 0.1) is 12.7 Å². The van der Waals surface area contributed by atoms with E-state index < -0.39 is 0 Å². The number of amides is 2. The van der Waals surface area contributed by atoms with Gasteiger partial charge in [0.2, 0.25) is 0 Å². The third kappa shape index (κ3) is 4.45. The second-order valence-corrected chi connectivity index (χ2v) is 6.74. The third-order valence-electron chi connectivity index (χ3n) is 4.72. The third-order valence-corrected chi connectivity index (χ3v) is 4.72. The smallest absolute Gasteiger partial charge is 0.257 e. The van der Waals surface area contributed by atoms with Gasteiger partial charge in [0, 0.05) is 18.8 Å². The van der Waals surface area contributed by atoms with Gasteiger partial charge in [-0.25, -0.2) is 0 Å². The van der Waals surface area contributed by atoms with Crippen LogP contribution in [0.3, 0.4) is 0 Å². The highest BCUT2D eigenvalue weighted by Gasteiger charge is 2.32. The number of ether oxygens (including phenoxy) is 2. The number of methoxy groups -OCH3 is 1. The topological polar surface area (TPSA) is 79.9 Å². The van der Waals surface area contributed by atoms with Crippen molar-refractivity contribution < 1.29 is 19.1 Å². The van der Waals surface area contributed by atoms with Crippen LogP contribution in [-0.2, 0) is 4.79 Å². The van der Waals surface area contributed by atoms with Gasteiger partial charge < -0.3 is 25.0 Å². The maximum Gasteiger partial charge on any atom is 0.257 e. The van der Waals surface area contributed by atoms with E-state index in [-0.39, 0.29) is 24.6 Å². The maximum atomic E-state index is 13.0. The van der Waals surface area contributed by atoms with E-state index in [2.05, 4.69) is 10.6 Å². The summed E-state index contributed by atoms with van der Waals surface area (Å²) in [6, 6.07) is 13.0. The Bertz CT molecular complexity index is 884. The molecule has 0 saturated carbocycles. The summed E-state index contributed by atoms with van der Waals surface area (Å²) >= 11 is 0. The summed E-state index contributed by atoms with van der Waals surface area (Å²) in [4.78, 5) is 26.5. The average Bonchev–Trinajstić information content (AvgIpc) is 2.74. The minimum Gasteiger partial charge on any atom is -0.493 e. The highest BCUT2D eigenvalue weighted by molar-refractivity contribution is 6.01. The van der Waals surface area contributed by atoms with Gasteiger partial charge in [-0.2, -0.15) is 0 Å². The van der Waals surface area contributed by atoms with Crippen LogP contribution >= 0.6 is 0 Å². The lowest BCUT2D eigenvalue weighted by Crippen LogP contribution is -2.43. The van der Waals surface area contributed by atoms with E-state index in [1.165, 1.54) is 0 Å². The van der Waals surface area contributed by atoms with Crippen LogP contribution in [0.2, 0.25) is 0 Å². The van der Waals surface area contributed by atoms with Crippen LogP contribution in [0.4, 0.5) is 5.69 Å². The number of para-hydroxylation sites is 1. The number of nitrogens with one attached hydrogen (secondary N) is 2. The van der Waals surface area contributed by atoms with Crippen molar-refractivity contribution in [2.45, 2.75) is 26.4 Å². The van der Waals surface area contributed by atoms with Gasteiger partial charge in [-0.3, -0.25) is 9.59 Å². The fourth-order valence-corrected chi connectivity index (χ4v) is 3.39. The van der Waals surface area contributed by atoms with Crippen molar-refractivity contribution in [2.24, 2.45) is 0 Å². The van der Waals surface area contributed by atoms with Gasteiger partial charge in [-0.1, -0.05) is 25.1 Å². The van der Waals surface area contributed by atoms with Crippen LogP contribution in [0.5, 0.6) is 11.5 Å². The van der Waals surface area contributed by atoms with E-state index in [9.17, 15) is 9.59 Å². The standard InChI is InChI=1S/C22H27N3O4/c1-4-12-25-21(24-17-9-7-6-8-16(17)22(25)27)15-10-11-18(19(13-15)28-3)29-14-20(26)23-5-2/h6-11,13,21,24H,4-5,12,14H2,1-3H3,(H,23,26)/t21-/m0/s1. The molecule has 0 aliphatic carbocycles. The van der Waals surface area contributed by atoms with Crippen molar-refractivity contribution in [1.82, 2.24) is 10.2 Å². The average molecular weight is 397 g/mol. The lowest BCUT2D eigenvalue weighted by Gasteiger charge is -2.38. The molecule has 0 bridgehead atoms.